The van der Waals surface area contributed by atoms with E-state index in [1.54, 1.807) is 13.2 Å². The molecule has 4 heteroatoms. The summed E-state index contributed by atoms with van der Waals surface area (Å²) < 4.78 is 0. The van der Waals surface area contributed by atoms with Gasteiger partial charge in [-0.05, 0) is 13.0 Å². The third kappa shape index (κ3) is 4.59. The maximum atomic E-state index is 11.8. The lowest BCUT2D eigenvalue weighted by molar-refractivity contribution is 0.960. The number of nitrogens with two attached hydrogens (primary N) is 1. The van der Waals surface area contributed by atoms with Crippen LogP contribution >= 0.6 is 0 Å². The normalized spacial score (nSPS) is 12.5. The van der Waals surface area contributed by atoms with E-state index in [9.17, 15) is 4.79 Å². The van der Waals surface area contributed by atoms with Gasteiger partial charge in [0.1, 0.15) is 0 Å². The second-order valence-electron chi connectivity index (χ2n) is 3.32. The Labute approximate surface area is 108 Å². The molecule has 0 aliphatic rings. The minimum atomic E-state index is -0.0377. The van der Waals surface area contributed by atoms with Crippen LogP contribution in [0.3, 0.4) is 0 Å². The van der Waals surface area contributed by atoms with E-state index in [-0.39, 0.29) is 5.43 Å². The molecule has 1 rings (SSSR count). The highest BCUT2D eigenvalue weighted by atomic mass is 16.1. The van der Waals surface area contributed by atoms with Crippen LogP contribution < -0.4 is 27.0 Å². The fourth-order valence-corrected chi connectivity index (χ4v) is 1.37. The molecule has 0 bridgehead atoms. The third-order valence-corrected chi connectivity index (χ3v) is 2.12. The molecule has 100 valence electrons. The molecule has 0 spiro atoms. The number of aromatic nitrogens is 1. The van der Waals surface area contributed by atoms with E-state index < -0.39 is 0 Å². The van der Waals surface area contributed by atoms with Crippen molar-refractivity contribution in [1.29, 1.82) is 0 Å². The molecule has 4 nitrogen and oxygen atoms in total. The first-order valence-electron chi connectivity index (χ1n) is 6.15. The summed E-state index contributed by atoms with van der Waals surface area (Å²) in [5.74, 6) is 0. The summed E-state index contributed by atoms with van der Waals surface area (Å²) in [4.78, 5) is 14.9. The van der Waals surface area contributed by atoms with Crippen LogP contribution in [0.1, 0.15) is 26.5 Å². The molecule has 1 heterocycles. The van der Waals surface area contributed by atoms with Crippen molar-refractivity contribution in [2.24, 2.45) is 5.73 Å². The lowest BCUT2D eigenvalue weighted by Gasteiger charge is -1.98. The van der Waals surface area contributed by atoms with Gasteiger partial charge >= 0.3 is 0 Å². The molecule has 0 unspecified atom stereocenters. The molecule has 0 fully saturated rings. The summed E-state index contributed by atoms with van der Waals surface area (Å²) in [6.07, 6.45) is 7.30. The largest absolute Gasteiger partial charge is 0.393 e. The van der Waals surface area contributed by atoms with Crippen LogP contribution in [-0.4, -0.2) is 12.0 Å². The smallest absolute Gasteiger partial charge is 0.191 e. The fourth-order valence-electron chi connectivity index (χ4n) is 1.37. The van der Waals surface area contributed by atoms with E-state index in [1.165, 1.54) is 6.07 Å². The topological polar surface area (TPSA) is 70.9 Å². The standard InChI is InChI=1S/C12H17N3O.C2H6/c1-3-4-5-11-10(8-14-2)12(16)6-9(7-13)15-11;1-2/h3-6,8,14-15H,7,13H2,1-2H3;1-2H3/b4-3-,10-8+,11-5+;. The highest BCUT2D eigenvalue weighted by molar-refractivity contribution is 5.37. The second-order valence-corrected chi connectivity index (χ2v) is 3.32. The first-order chi connectivity index (χ1) is 8.72. The molecule has 1 aromatic rings. The van der Waals surface area contributed by atoms with Gasteiger partial charge in [-0.1, -0.05) is 26.0 Å². The Morgan fingerprint density at radius 2 is 2.11 bits per heavy atom. The summed E-state index contributed by atoms with van der Waals surface area (Å²) in [6, 6.07) is 1.52. The lowest BCUT2D eigenvalue weighted by Crippen LogP contribution is -2.42. The molecular formula is C14H23N3O. The molecule has 0 radical (unpaired) electrons. The number of hydrogen-bond acceptors (Lipinski definition) is 3. The molecule has 0 atom stereocenters. The summed E-state index contributed by atoms with van der Waals surface area (Å²) in [6.45, 7) is 6.24. The van der Waals surface area contributed by atoms with Gasteiger partial charge < -0.3 is 16.0 Å². The summed E-state index contributed by atoms with van der Waals surface area (Å²) >= 11 is 0. The van der Waals surface area contributed by atoms with Gasteiger partial charge in [-0.25, -0.2) is 0 Å². The number of H-pyrrole nitrogens is 1. The van der Waals surface area contributed by atoms with Gasteiger partial charge in [0.25, 0.3) is 0 Å². The average molecular weight is 249 g/mol. The molecule has 1 aromatic heterocycles. The Morgan fingerprint density at radius 3 is 2.61 bits per heavy atom. The Hall–Kier alpha value is -1.81. The van der Waals surface area contributed by atoms with E-state index >= 15 is 0 Å². The monoisotopic (exact) mass is 249 g/mol. The number of aromatic amines is 1. The van der Waals surface area contributed by atoms with Gasteiger partial charge in [0.05, 0.1) is 10.6 Å². The Kier molecular flexibility index (Phi) is 8.31. The zero-order chi connectivity index (χ0) is 14.0. The van der Waals surface area contributed by atoms with Crippen LogP contribution in [-0.2, 0) is 6.54 Å². The predicted molar refractivity (Wildman–Crippen MR) is 78.4 cm³/mol. The molecule has 0 saturated heterocycles. The van der Waals surface area contributed by atoms with Gasteiger partial charge in [0.2, 0.25) is 0 Å². The van der Waals surface area contributed by atoms with Crippen LogP contribution in [0, 0.1) is 0 Å². The van der Waals surface area contributed by atoms with E-state index in [2.05, 4.69) is 10.3 Å². The highest BCUT2D eigenvalue weighted by Crippen LogP contribution is 1.79. The van der Waals surface area contributed by atoms with Crippen molar-refractivity contribution in [3.63, 3.8) is 0 Å². The number of allylic oxidation sites excluding steroid dienone is 2. The number of hydrogen-bond donors (Lipinski definition) is 3. The molecule has 0 amide bonds. The minimum absolute atomic E-state index is 0.0377. The average Bonchev–Trinajstić information content (AvgIpc) is 2.41. The predicted octanol–water partition coefficient (Wildman–Crippen LogP) is 0.174. The quantitative estimate of drug-likeness (QED) is 0.715. The molecule has 0 aliphatic heterocycles. The van der Waals surface area contributed by atoms with Crippen LogP contribution in [0.5, 0.6) is 0 Å². The van der Waals surface area contributed by atoms with Gasteiger partial charge in [-0.2, -0.15) is 0 Å². The molecule has 0 aliphatic carbocycles. The highest BCUT2D eigenvalue weighted by Gasteiger charge is 1.95. The molecular weight excluding hydrogens is 226 g/mol. The second kappa shape index (κ2) is 9.24. The third-order valence-electron chi connectivity index (χ3n) is 2.12. The maximum Gasteiger partial charge on any atom is 0.191 e. The fraction of sp³-hybridized carbons (Fsp3) is 0.357. The summed E-state index contributed by atoms with van der Waals surface area (Å²) in [5.41, 5.74) is 6.21. The van der Waals surface area contributed by atoms with Crippen LogP contribution in [0.4, 0.5) is 0 Å². The number of pyridine rings is 1. The van der Waals surface area contributed by atoms with E-state index in [4.69, 9.17) is 5.73 Å². The lowest BCUT2D eigenvalue weighted by atomic mass is 10.2. The zero-order valence-electron chi connectivity index (χ0n) is 11.6. The van der Waals surface area contributed by atoms with Crippen LogP contribution in [0.15, 0.2) is 23.0 Å². The number of nitrogens with one attached hydrogen (secondary N) is 2. The molecule has 0 saturated carbocycles. The summed E-state index contributed by atoms with van der Waals surface area (Å²) in [7, 11) is 1.76. The van der Waals surface area contributed by atoms with E-state index in [0.29, 0.717) is 11.8 Å². The minimum Gasteiger partial charge on any atom is -0.393 e. The van der Waals surface area contributed by atoms with Crippen molar-refractivity contribution in [2.45, 2.75) is 27.3 Å². The van der Waals surface area contributed by atoms with Crippen LogP contribution in [0.2, 0.25) is 0 Å². The van der Waals surface area contributed by atoms with Crippen molar-refractivity contribution in [3.8, 4) is 0 Å². The van der Waals surface area contributed by atoms with Crippen molar-refractivity contribution >= 4 is 12.3 Å². The Bertz CT molecular complexity index is 541. The van der Waals surface area contributed by atoms with Crippen molar-refractivity contribution in [2.75, 3.05) is 7.05 Å². The van der Waals surface area contributed by atoms with Gasteiger partial charge in [0, 0.05) is 31.6 Å². The van der Waals surface area contributed by atoms with Crippen LogP contribution in [0.25, 0.3) is 12.3 Å². The van der Waals surface area contributed by atoms with Gasteiger partial charge in [-0.3, -0.25) is 4.79 Å². The van der Waals surface area contributed by atoms with Crippen molar-refractivity contribution < 1.29 is 0 Å². The first-order valence-corrected chi connectivity index (χ1v) is 6.15. The van der Waals surface area contributed by atoms with Gasteiger partial charge in [-0.15, -0.1) is 0 Å². The maximum absolute atomic E-state index is 11.8. The SMILES string of the molecule is CC.C\C=C/C=c1/[nH]c(CN)cc(=O)/c1=C/NC. The molecule has 4 N–H and O–H groups in total. The van der Waals surface area contributed by atoms with E-state index in [0.717, 1.165) is 11.0 Å². The Morgan fingerprint density at radius 1 is 1.44 bits per heavy atom. The molecule has 0 aromatic carbocycles. The first kappa shape index (κ1) is 16.2. The van der Waals surface area contributed by atoms with Crippen molar-refractivity contribution in [3.05, 3.63) is 44.7 Å². The summed E-state index contributed by atoms with van der Waals surface area (Å²) in [5, 5.41) is 4.23. The van der Waals surface area contributed by atoms with E-state index in [1.807, 2.05) is 39.0 Å². The molecule has 18 heavy (non-hydrogen) atoms. The number of rotatable bonds is 3. The zero-order valence-corrected chi connectivity index (χ0v) is 11.6. The van der Waals surface area contributed by atoms with Gasteiger partial charge in [0.15, 0.2) is 5.43 Å². The van der Waals surface area contributed by atoms with Crippen molar-refractivity contribution in [1.82, 2.24) is 10.3 Å². The Balaban J connectivity index is 0.00000137.